The van der Waals surface area contributed by atoms with Gasteiger partial charge in [0.1, 0.15) is 0 Å². The van der Waals surface area contributed by atoms with Crippen LogP contribution < -0.4 is 0 Å². The average molecular weight is 268 g/mol. The van der Waals surface area contributed by atoms with Crippen LogP contribution in [0.15, 0.2) is 40.3 Å². The molecule has 1 aliphatic heterocycles. The lowest BCUT2D eigenvalue weighted by Gasteiger charge is -2.23. The van der Waals surface area contributed by atoms with E-state index in [0.717, 1.165) is 0 Å². The standard InChI is InChI=1S/C12H16N2O3S/c15-18(16,12-4-2-1-3-5-12)11-6-13-14-7-9-17-10-8-14/h1-6H,7-11H2/b13-6+. The summed E-state index contributed by atoms with van der Waals surface area (Å²) in [6.45, 7) is 2.70. The molecule has 1 aromatic rings. The number of morpholine rings is 1. The largest absolute Gasteiger partial charge is 0.378 e. The molecule has 1 saturated heterocycles. The van der Waals surface area contributed by atoms with Gasteiger partial charge in [-0.15, -0.1) is 0 Å². The highest BCUT2D eigenvalue weighted by molar-refractivity contribution is 7.92. The number of hydrogen-bond donors (Lipinski definition) is 0. The first-order chi connectivity index (χ1) is 8.68. The second kappa shape index (κ2) is 5.97. The molecule has 0 atom stereocenters. The van der Waals surface area contributed by atoms with Gasteiger partial charge >= 0.3 is 0 Å². The summed E-state index contributed by atoms with van der Waals surface area (Å²) in [5.41, 5.74) is 0. The molecule has 2 rings (SSSR count). The Labute approximate surface area is 107 Å². The quantitative estimate of drug-likeness (QED) is 0.757. The topological polar surface area (TPSA) is 59.0 Å². The molecule has 1 heterocycles. The van der Waals surface area contributed by atoms with Crippen LogP contribution in [0.2, 0.25) is 0 Å². The maximum atomic E-state index is 11.9. The van der Waals surface area contributed by atoms with Crippen LogP contribution in [0.4, 0.5) is 0 Å². The van der Waals surface area contributed by atoms with Crippen LogP contribution in [-0.2, 0) is 14.6 Å². The molecule has 1 aromatic carbocycles. The van der Waals surface area contributed by atoms with Crippen molar-refractivity contribution in [2.24, 2.45) is 5.10 Å². The van der Waals surface area contributed by atoms with Gasteiger partial charge in [0.05, 0.1) is 37.0 Å². The molecule has 98 valence electrons. The van der Waals surface area contributed by atoms with Gasteiger partial charge in [-0.3, -0.25) is 5.01 Å². The molecular weight excluding hydrogens is 252 g/mol. The molecule has 1 fully saturated rings. The fraction of sp³-hybridized carbons (Fsp3) is 0.417. The molecule has 0 bridgehead atoms. The van der Waals surface area contributed by atoms with Crippen LogP contribution in [0.1, 0.15) is 0 Å². The highest BCUT2D eigenvalue weighted by Crippen LogP contribution is 2.09. The van der Waals surface area contributed by atoms with E-state index < -0.39 is 9.84 Å². The van der Waals surface area contributed by atoms with E-state index in [9.17, 15) is 8.42 Å². The summed E-state index contributed by atoms with van der Waals surface area (Å²) in [6, 6.07) is 8.41. The van der Waals surface area contributed by atoms with Gasteiger partial charge in [-0.05, 0) is 12.1 Å². The van der Waals surface area contributed by atoms with E-state index in [0.29, 0.717) is 31.2 Å². The number of sulfone groups is 1. The molecule has 0 aliphatic carbocycles. The molecule has 0 spiro atoms. The minimum Gasteiger partial charge on any atom is -0.378 e. The molecule has 0 N–H and O–H groups in total. The monoisotopic (exact) mass is 268 g/mol. The second-order valence-electron chi connectivity index (χ2n) is 3.96. The van der Waals surface area contributed by atoms with Gasteiger partial charge in [-0.25, -0.2) is 8.42 Å². The van der Waals surface area contributed by atoms with Gasteiger partial charge in [0.2, 0.25) is 0 Å². The van der Waals surface area contributed by atoms with Gasteiger partial charge in [0, 0.05) is 6.21 Å². The lowest BCUT2D eigenvalue weighted by molar-refractivity contribution is 0.0396. The lowest BCUT2D eigenvalue weighted by Crippen LogP contribution is -2.32. The van der Waals surface area contributed by atoms with Crippen LogP contribution in [0.25, 0.3) is 0 Å². The van der Waals surface area contributed by atoms with E-state index in [1.54, 1.807) is 30.3 Å². The van der Waals surface area contributed by atoms with Gasteiger partial charge in [-0.1, -0.05) is 18.2 Å². The molecule has 6 heteroatoms. The van der Waals surface area contributed by atoms with Crippen molar-refractivity contribution in [2.75, 3.05) is 32.1 Å². The summed E-state index contributed by atoms with van der Waals surface area (Å²) in [6.07, 6.45) is 1.45. The van der Waals surface area contributed by atoms with Crippen molar-refractivity contribution in [1.29, 1.82) is 0 Å². The van der Waals surface area contributed by atoms with Crippen molar-refractivity contribution in [1.82, 2.24) is 5.01 Å². The number of rotatable bonds is 4. The molecule has 1 aliphatic rings. The molecule has 0 unspecified atom stereocenters. The maximum Gasteiger partial charge on any atom is 0.183 e. The Morgan fingerprint density at radius 1 is 1.22 bits per heavy atom. The fourth-order valence-corrected chi connectivity index (χ4v) is 2.67. The van der Waals surface area contributed by atoms with E-state index >= 15 is 0 Å². The third-order valence-electron chi connectivity index (χ3n) is 2.63. The van der Waals surface area contributed by atoms with Crippen LogP contribution in [-0.4, -0.2) is 51.7 Å². The third-order valence-corrected chi connectivity index (χ3v) is 4.21. The number of ether oxygens (including phenoxy) is 1. The minimum atomic E-state index is -3.27. The van der Waals surface area contributed by atoms with Crippen molar-refractivity contribution in [3.05, 3.63) is 30.3 Å². The van der Waals surface area contributed by atoms with Gasteiger partial charge < -0.3 is 4.74 Å². The van der Waals surface area contributed by atoms with E-state index in [1.165, 1.54) is 6.21 Å². The third kappa shape index (κ3) is 3.54. The van der Waals surface area contributed by atoms with E-state index in [2.05, 4.69) is 5.10 Å². The maximum absolute atomic E-state index is 11.9. The second-order valence-corrected chi connectivity index (χ2v) is 5.99. The zero-order valence-electron chi connectivity index (χ0n) is 10.0. The van der Waals surface area contributed by atoms with Crippen molar-refractivity contribution in [3.8, 4) is 0 Å². The summed E-state index contributed by atoms with van der Waals surface area (Å²) in [4.78, 5) is 0.332. The van der Waals surface area contributed by atoms with E-state index in [-0.39, 0.29) is 5.75 Å². The highest BCUT2D eigenvalue weighted by atomic mass is 32.2. The molecule has 0 aromatic heterocycles. The molecule has 0 amide bonds. The Morgan fingerprint density at radius 3 is 2.56 bits per heavy atom. The number of benzene rings is 1. The summed E-state index contributed by atoms with van der Waals surface area (Å²) >= 11 is 0. The molecular formula is C12H16N2O3S. The molecule has 18 heavy (non-hydrogen) atoms. The Bertz CT molecular complexity index is 493. The van der Waals surface area contributed by atoms with Crippen LogP contribution >= 0.6 is 0 Å². The van der Waals surface area contributed by atoms with Crippen molar-refractivity contribution in [2.45, 2.75) is 4.90 Å². The van der Waals surface area contributed by atoms with E-state index in [4.69, 9.17) is 4.74 Å². The van der Waals surface area contributed by atoms with Crippen LogP contribution in [0.5, 0.6) is 0 Å². The summed E-state index contributed by atoms with van der Waals surface area (Å²) in [7, 11) is -3.27. The Morgan fingerprint density at radius 2 is 1.89 bits per heavy atom. The average Bonchev–Trinajstić information content (AvgIpc) is 2.41. The first kappa shape index (κ1) is 13.0. The lowest BCUT2D eigenvalue weighted by atomic mass is 10.4. The normalized spacial score (nSPS) is 17.2. The molecule has 0 saturated carbocycles. The summed E-state index contributed by atoms with van der Waals surface area (Å²) in [5.74, 6) is -0.0750. The smallest absolute Gasteiger partial charge is 0.183 e. The first-order valence-electron chi connectivity index (χ1n) is 5.81. The number of hydrazone groups is 1. The molecule has 5 nitrogen and oxygen atoms in total. The number of nitrogens with zero attached hydrogens (tertiary/aromatic N) is 2. The predicted molar refractivity (Wildman–Crippen MR) is 69.4 cm³/mol. The van der Waals surface area contributed by atoms with Crippen molar-refractivity contribution in [3.63, 3.8) is 0 Å². The Hall–Kier alpha value is -1.40. The predicted octanol–water partition coefficient (Wildman–Crippen LogP) is 0.778. The molecule has 0 radical (unpaired) electrons. The van der Waals surface area contributed by atoms with Gasteiger partial charge in [0.15, 0.2) is 9.84 Å². The summed E-state index contributed by atoms with van der Waals surface area (Å²) < 4.78 is 29.1. The van der Waals surface area contributed by atoms with Crippen molar-refractivity contribution < 1.29 is 13.2 Å². The van der Waals surface area contributed by atoms with Crippen LogP contribution in [0, 0.1) is 0 Å². The van der Waals surface area contributed by atoms with Crippen LogP contribution in [0.3, 0.4) is 0 Å². The minimum absolute atomic E-state index is 0.0750. The highest BCUT2D eigenvalue weighted by Gasteiger charge is 2.12. The van der Waals surface area contributed by atoms with E-state index in [1.807, 2.05) is 5.01 Å². The first-order valence-corrected chi connectivity index (χ1v) is 7.47. The SMILES string of the molecule is O=S(=O)(C/C=N/N1CCOCC1)c1ccccc1. The Balaban J connectivity index is 1.95. The van der Waals surface area contributed by atoms with Gasteiger partial charge in [0.25, 0.3) is 0 Å². The van der Waals surface area contributed by atoms with Gasteiger partial charge in [-0.2, -0.15) is 5.10 Å². The Kier molecular flexibility index (Phi) is 4.33. The number of hydrogen-bond acceptors (Lipinski definition) is 5. The zero-order chi connectivity index (χ0) is 12.8. The zero-order valence-corrected chi connectivity index (χ0v) is 10.8. The fourth-order valence-electron chi connectivity index (χ4n) is 1.64. The summed E-state index contributed by atoms with van der Waals surface area (Å²) in [5, 5.41) is 5.97. The van der Waals surface area contributed by atoms with Crippen molar-refractivity contribution >= 4 is 16.1 Å².